The molecule has 3 N–H and O–H groups in total. The van der Waals surface area contributed by atoms with Crippen LogP contribution in [-0.4, -0.2) is 17.6 Å². The quantitative estimate of drug-likeness (QED) is 0.842. The summed E-state index contributed by atoms with van der Waals surface area (Å²) in [5.41, 5.74) is 5.59. The Kier molecular flexibility index (Phi) is 4.07. The van der Waals surface area contributed by atoms with Gasteiger partial charge in [-0.05, 0) is 27.6 Å². The fraction of sp³-hybridized carbons (Fsp3) is 0.222. The Labute approximate surface area is 99.2 Å². The minimum absolute atomic E-state index is 0.0489. The Morgan fingerprint density at radius 1 is 1.67 bits per heavy atom. The van der Waals surface area contributed by atoms with Crippen molar-refractivity contribution in [1.82, 2.24) is 0 Å². The zero-order chi connectivity index (χ0) is 11.6. The Hall–Kier alpha value is -0.650. The van der Waals surface area contributed by atoms with Crippen LogP contribution in [0.25, 0.3) is 0 Å². The van der Waals surface area contributed by atoms with Gasteiger partial charge in [0.25, 0.3) is 0 Å². The van der Waals surface area contributed by atoms with Crippen LogP contribution in [0.3, 0.4) is 0 Å². The van der Waals surface area contributed by atoms with E-state index in [-0.39, 0.29) is 21.6 Å². The first-order valence-electron chi connectivity index (χ1n) is 4.05. The van der Waals surface area contributed by atoms with Crippen molar-refractivity contribution in [2.45, 2.75) is 5.92 Å². The maximum absolute atomic E-state index is 13.3. The summed E-state index contributed by atoms with van der Waals surface area (Å²) in [6.45, 7) is -0.102. The zero-order valence-corrected chi connectivity index (χ0v) is 9.85. The Bertz CT molecular complexity index is 400. The Balaban J connectivity index is 3.25. The molecule has 3 nitrogen and oxygen atoms in total. The first-order chi connectivity index (χ1) is 6.99. The smallest absolute Gasteiger partial charge is 0.312 e. The van der Waals surface area contributed by atoms with Crippen molar-refractivity contribution in [1.29, 1.82) is 0 Å². The SMILES string of the molecule is NCC(C(=O)O)c1ccc(Cl)c(F)c1Br. The van der Waals surface area contributed by atoms with Crippen molar-refractivity contribution in [3.63, 3.8) is 0 Å². The summed E-state index contributed by atoms with van der Waals surface area (Å²) >= 11 is 8.49. The molecule has 82 valence electrons. The minimum atomic E-state index is -1.10. The second kappa shape index (κ2) is 4.92. The number of halogens is 3. The summed E-state index contributed by atoms with van der Waals surface area (Å²) in [5, 5.41) is 8.79. The van der Waals surface area contributed by atoms with Crippen LogP contribution < -0.4 is 5.73 Å². The van der Waals surface area contributed by atoms with Gasteiger partial charge < -0.3 is 10.8 Å². The molecular formula is C9H8BrClFNO2. The molecular weight excluding hydrogens is 288 g/mol. The van der Waals surface area contributed by atoms with E-state index in [2.05, 4.69) is 15.9 Å². The lowest BCUT2D eigenvalue weighted by atomic mass is 9.99. The number of carboxylic acid groups (broad SMARTS) is 1. The topological polar surface area (TPSA) is 63.3 Å². The second-order valence-corrected chi connectivity index (χ2v) is 4.09. The van der Waals surface area contributed by atoms with E-state index in [1.54, 1.807) is 0 Å². The molecule has 0 amide bonds. The highest BCUT2D eigenvalue weighted by atomic mass is 79.9. The standard InChI is InChI=1S/C9H8BrClFNO2/c10-7-4(5(3-13)9(14)15)1-2-6(11)8(7)12/h1-2,5H,3,13H2,(H,14,15). The molecule has 0 saturated heterocycles. The van der Waals surface area contributed by atoms with Crippen LogP contribution in [0, 0.1) is 5.82 Å². The molecule has 0 bridgehead atoms. The summed E-state index contributed by atoms with van der Waals surface area (Å²) in [5.74, 6) is -2.71. The lowest BCUT2D eigenvalue weighted by Gasteiger charge is -2.12. The van der Waals surface area contributed by atoms with Crippen LogP contribution in [0.5, 0.6) is 0 Å². The van der Waals surface area contributed by atoms with Gasteiger partial charge in [0.2, 0.25) is 0 Å². The fourth-order valence-electron chi connectivity index (χ4n) is 1.17. The Morgan fingerprint density at radius 3 is 2.73 bits per heavy atom. The number of hydrogen-bond donors (Lipinski definition) is 2. The molecule has 0 aliphatic heterocycles. The van der Waals surface area contributed by atoms with Crippen molar-refractivity contribution >= 4 is 33.5 Å². The van der Waals surface area contributed by atoms with Crippen molar-refractivity contribution in [3.8, 4) is 0 Å². The molecule has 6 heteroatoms. The number of carbonyl (C=O) groups is 1. The van der Waals surface area contributed by atoms with Gasteiger partial charge in [0, 0.05) is 6.54 Å². The minimum Gasteiger partial charge on any atom is -0.481 e. The van der Waals surface area contributed by atoms with E-state index in [9.17, 15) is 9.18 Å². The lowest BCUT2D eigenvalue weighted by Crippen LogP contribution is -2.21. The van der Waals surface area contributed by atoms with Gasteiger partial charge in [-0.3, -0.25) is 4.79 Å². The lowest BCUT2D eigenvalue weighted by molar-refractivity contribution is -0.138. The zero-order valence-electron chi connectivity index (χ0n) is 7.51. The van der Waals surface area contributed by atoms with E-state index in [1.165, 1.54) is 12.1 Å². The van der Waals surface area contributed by atoms with Gasteiger partial charge in [0.1, 0.15) is 0 Å². The van der Waals surface area contributed by atoms with Crippen LogP contribution in [0.1, 0.15) is 11.5 Å². The normalized spacial score (nSPS) is 12.5. The molecule has 0 aliphatic carbocycles. The van der Waals surface area contributed by atoms with Crippen LogP contribution in [-0.2, 0) is 4.79 Å². The average Bonchev–Trinajstić information content (AvgIpc) is 2.18. The fourth-order valence-corrected chi connectivity index (χ4v) is 2.06. The maximum Gasteiger partial charge on any atom is 0.312 e. The van der Waals surface area contributed by atoms with Gasteiger partial charge in [-0.1, -0.05) is 17.7 Å². The third kappa shape index (κ3) is 2.48. The number of aliphatic carboxylic acids is 1. The molecule has 1 unspecified atom stereocenters. The van der Waals surface area contributed by atoms with Gasteiger partial charge in [-0.25, -0.2) is 4.39 Å². The number of hydrogen-bond acceptors (Lipinski definition) is 2. The first-order valence-corrected chi connectivity index (χ1v) is 5.22. The molecule has 0 radical (unpaired) electrons. The molecule has 1 aromatic carbocycles. The van der Waals surface area contributed by atoms with Gasteiger partial charge in [0.05, 0.1) is 15.4 Å². The molecule has 1 rings (SSSR count). The van der Waals surface area contributed by atoms with Crippen molar-refractivity contribution in [3.05, 3.63) is 33.0 Å². The monoisotopic (exact) mass is 295 g/mol. The van der Waals surface area contributed by atoms with E-state index in [4.69, 9.17) is 22.4 Å². The highest BCUT2D eigenvalue weighted by Crippen LogP contribution is 2.31. The van der Waals surface area contributed by atoms with Crippen molar-refractivity contribution in [2.24, 2.45) is 5.73 Å². The second-order valence-electron chi connectivity index (χ2n) is 2.89. The number of benzene rings is 1. The van der Waals surface area contributed by atoms with Gasteiger partial charge in [-0.15, -0.1) is 0 Å². The predicted octanol–water partition coefficient (Wildman–Crippen LogP) is 2.37. The molecule has 0 fully saturated rings. The summed E-state index contributed by atoms with van der Waals surface area (Å²) < 4.78 is 13.4. The van der Waals surface area contributed by atoms with Gasteiger partial charge in [-0.2, -0.15) is 0 Å². The molecule has 0 aliphatic rings. The van der Waals surface area contributed by atoms with Crippen LogP contribution in [0.4, 0.5) is 4.39 Å². The van der Waals surface area contributed by atoms with E-state index in [0.717, 1.165) is 0 Å². The molecule has 0 heterocycles. The molecule has 0 saturated carbocycles. The third-order valence-electron chi connectivity index (χ3n) is 1.97. The van der Waals surface area contributed by atoms with Crippen molar-refractivity contribution in [2.75, 3.05) is 6.54 Å². The van der Waals surface area contributed by atoms with E-state index in [1.807, 2.05) is 0 Å². The van der Waals surface area contributed by atoms with E-state index in [0.29, 0.717) is 0 Å². The first kappa shape index (κ1) is 12.4. The highest BCUT2D eigenvalue weighted by molar-refractivity contribution is 9.10. The highest BCUT2D eigenvalue weighted by Gasteiger charge is 2.23. The van der Waals surface area contributed by atoms with Crippen LogP contribution in [0.15, 0.2) is 16.6 Å². The van der Waals surface area contributed by atoms with Crippen LogP contribution in [0.2, 0.25) is 5.02 Å². The molecule has 1 atom stereocenters. The molecule has 15 heavy (non-hydrogen) atoms. The van der Waals surface area contributed by atoms with E-state index >= 15 is 0 Å². The molecule has 0 spiro atoms. The number of nitrogens with two attached hydrogens (primary N) is 1. The predicted molar refractivity (Wildman–Crippen MR) is 58.5 cm³/mol. The largest absolute Gasteiger partial charge is 0.481 e. The third-order valence-corrected chi connectivity index (χ3v) is 3.07. The van der Waals surface area contributed by atoms with Crippen molar-refractivity contribution < 1.29 is 14.3 Å². The summed E-state index contributed by atoms with van der Waals surface area (Å²) in [6.07, 6.45) is 0. The van der Waals surface area contributed by atoms with Gasteiger partial charge in [0.15, 0.2) is 5.82 Å². The maximum atomic E-state index is 13.3. The summed E-state index contributed by atoms with van der Waals surface area (Å²) in [7, 11) is 0. The average molecular weight is 297 g/mol. The Morgan fingerprint density at radius 2 is 2.27 bits per heavy atom. The summed E-state index contributed by atoms with van der Waals surface area (Å²) in [6, 6.07) is 2.75. The number of carboxylic acids is 1. The van der Waals surface area contributed by atoms with E-state index < -0.39 is 17.7 Å². The molecule has 1 aromatic rings. The number of rotatable bonds is 3. The molecule has 0 aromatic heterocycles. The summed E-state index contributed by atoms with van der Waals surface area (Å²) in [4.78, 5) is 10.8. The van der Waals surface area contributed by atoms with Crippen LogP contribution >= 0.6 is 27.5 Å². The van der Waals surface area contributed by atoms with Gasteiger partial charge >= 0.3 is 5.97 Å².